The molecule has 0 aliphatic carbocycles. The second kappa shape index (κ2) is 5.14. The Morgan fingerprint density at radius 1 is 1.65 bits per heavy atom. The molecule has 0 saturated carbocycles. The van der Waals surface area contributed by atoms with E-state index in [1.807, 2.05) is 31.1 Å². The van der Waals surface area contributed by atoms with Crippen LogP contribution in [0, 0.1) is 6.92 Å². The molecule has 1 unspecified atom stereocenters. The first-order valence-corrected chi connectivity index (χ1v) is 6.60. The molecule has 96 valence electrons. The third-order valence-electron chi connectivity index (χ3n) is 3.11. The maximum Gasteiger partial charge on any atom is 0.323 e. The average Bonchev–Trinajstić information content (AvgIpc) is 2.65. The number of aromatic nitrogens is 1. The van der Waals surface area contributed by atoms with Crippen LogP contribution >= 0.6 is 11.3 Å². The second-order valence-electron chi connectivity index (χ2n) is 4.62. The van der Waals surface area contributed by atoms with E-state index in [0.717, 1.165) is 10.7 Å². The number of carboxylic acid groups (broad SMARTS) is 1. The van der Waals surface area contributed by atoms with Crippen LogP contribution in [-0.2, 0) is 4.79 Å². The van der Waals surface area contributed by atoms with E-state index in [2.05, 4.69) is 4.98 Å². The molecule has 1 aromatic rings. The molecule has 1 aromatic heterocycles. The molecule has 0 fully saturated rings. The molecule has 0 amide bonds. The number of nitrogens with zero attached hydrogens (tertiary/aromatic N) is 2. The highest BCUT2D eigenvalue weighted by molar-refractivity contribution is 7.09. The largest absolute Gasteiger partial charge is 0.480 e. The minimum absolute atomic E-state index is 0.0102. The van der Waals surface area contributed by atoms with Gasteiger partial charge in [0.1, 0.15) is 5.54 Å². The Morgan fingerprint density at radius 3 is 2.59 bits per heavy atom. The van der Waals surface area contributed by atoms with Gasteiger partial charge in [-0.05, 0) is 34.2 Å². The quantitative estimate of drug-likeness (QED) is 0.880. The van der Waals surface area contributed by atoms with Crippen LogP contribution in [0.25, 0.3) is 0 Å². The molecule has 0 aromatic carbocycles. The molecule has 17 heavy (non-hydrogen) atoms. The lowest BCUT2D eigenvalue weighted by atomic mass is 10.00. The van der Waals surface area contributed by atoms with E-state index in [-0.39, 0.29) is 6.04 Å². The van der Waals surface area contributed by atoms with Gasteiger partial charge in [-0.1, -0.05) is 6.92 Å². The van der Waals surface area contributed by atoms with Gasteiger partial charge in [-0.25, -0.2) is 4.98 Å². The Morgan fingerprint density at radius 2 is 2.24 bits per heavy atom. The van der Waals surface area contributed by atoms with Crippen molar-refractivity contribution in [2.45, 2.75) is 46.2 Å². The monoisotopic (exact) mass is 256 g/mol. The molecule has 0 radical (unpaired) electrons. The van der Waals surface area contributed by atoms with Crippen molar-refractivity contribution in [2.75, 3.05) is 6.54 Å². The molecule has 0 saturated heterocycles. The highest BCUT2D eigenvalue weighted by atomic mass is 32.1. The minimum atomic E-state index is -0.883. The smallest absolute Gasteiger partial charge is 0.323 e. The first-order valence-electron chi connectivity index (χ1n) is 5.72. The van der Waals surface area contributed by atoms with Crippen molar-refractivity contribution in [1.82, 2.24) is 9.88 Å². The molecule has 1 atom stereocenters. The summed E-state index contributed by atoms with van der Waals surface area (Å²) in [6.45, 7) is 10.1. The number of aliphatic carboxylic acids is 1. The summed E-state index contributed by atoms with van der Waals surface area (Å²) in [5, 5.41) is 12.3. The van der Waals surface area contributed by atoms with Gasteiger partial charge in [-0.2, -0.15) is 0 Å². The molecule has 1 heterocycles. The molecule has 5 heteroatoms. The Labute approximate surface area is 106 Å². The van der Waals surface area contributed by atoms with Crippen LogP contribution in [0.1, 0.15) is 44.4 Å². The Balaban J connectivity index is 2.99. The summed E-state index contributed by atoms with van der Waals surface area (Å²) in [7, 11) is 0. The van der Waals surface area contributed by atoms with Crippen LogP contribution in [0.5, 0.6) is 0 Å². The van der Waals surface area contributed by atoms with Crippen LogP contribution in [0.2, 0.25) is 0 Å². The minimum Gasteiger partial charge on any atom is -0.480 e. The molecular weight excluding hydrogens is 236 g/mol. The number of hydrogen-bond acceptors (Lipinski definition) is 4. The van der Waals surface area contributed by atoms with Crippen molar-refractivity contribution < 1.29 is 9.90 Å². The van der Waals surface area contributed by atoms with Gasteiger partial charge >= 0.3 is 5.97 Å². The zero-order valence-corrected chi connectivity index (χ0v) is 11.8. The number of carboxylic acids is 1. The third kappa shape index (κ3) is 2.84. The summed E-state index contributed by atoms with van der Waals surface area (Å²) >= 11 is 1.59. The molecule has 1 rings (SSSR count). The molecule has 0 bridgehead atoms. The number of likely N-dealkylation sites (N-methyl/N-ethyl adjacent to an activating group) is 1. The first kappa shape index (κ1) is 14.1. The van der Waals surface area contributed by atoms with E-state index in [9.17, 15) is 9.90 Å². The van der Waals surface area contributed by atoms with Crippen LogP contribution in [-0.4, -0.2) is 33.0 Å². The zero-order chi connectivity index (χ0) is 13.2. The summed E-state index contributed by atoms with van der Waals surface area (Å²) in [5.41, 5.74) is 0.0646. The van der Waals surface area contributed by atoms with E-state index in [0.29, 0.717) is 6.54 Å². The summed E-state index contributed by atoms with van der Waals surface area (Å²) in [6, 6.07) is 0.0102. The van der Waals surface area contributed by atoms with Crippen LogP contribution in [0.15, 0.2) is 5.38 Å². The molecule has 0 aliphatic heterocycles. The standard InChI is InChI=1S/C12H20N2O2S/c1-6-14(12(4,5)11(15)16)8(2)10-7-17-9(3)13-10/h7-8H,6H2,1-5H3,(H,15,16). The fourth-order valence-corrected chi connectivity index (χ4v) is 2.71. The topological polar surface area (TPSA) is 53.4 Å². The van der Waals surface area contributed by atoms with Crippen LogP contribution in [0.3, 0.4) is 0 Å². The van der Waals surface area contributed by atoms with Gasteiger partial charge in [0.15, 0.2) is 0 Å². The van der Waals surface area contributed by atoms with Crippen LogP contribution < -0.4 is 0 Å². The van der Waals surface area contributed by atoms with Gasteiger partial charge in [0.05, 0.1) is 16.7 Å². The Kier molecular flexibility index (Phi) is 4.27. The van der Waals surface area contributed by atoms with E-state index >= 15 is 0 Å². The van der Waals surface area contributed by atoms with E-state index in [1.165, 1.54) is 0 Å². The normalized spacial score (nSPS) is 14.0. The van der Waals surface area contributed by atoms with E-state index in [4.69, 9.17) is 0 Å². The van der Waals surface area contributed by atoms with E-state index in [1.54, 1.807) is 25.2 Å². The van der Waals surface area contributed by atoms with Crippen molar-refractivity contribution >= 4 is 17.3 Å². The number of thiazole rings is 1. The Hall–Kier alpha value is -0.940. The fraction of sp³-hybridized carbons (Fsp3) is 0.667. The summed E-state index contributed by atoms with van der Waals surface area (Å²) in [5.74, 6) is -0.807. The highest BCUT2D eigenvalue weighted by Crippen LogP contribution is 2.28. The van der Waals surface area contributed by atoms with Crippen molar-refractivity contribution in [3.05, 3.63) is 16.1 Å². The number of carbonyl (C=O) groups is 1. The lowest BCUT2D eigenvalue weighted by Gasteiger charge is -2.38. The first-order chi connectivity index (χ1) is 7.80. The molecular formula is C12H20N2O2S. The highest BCUT2D eigenvalue weighted by Gasteiger charge is 2.37. The lowest BCUT2D eigenvalue weighted by Crippen LogP contribution is -2.51. The van der Waals surface area contributed by atoms with Gasteiger partial charge in [0.2, 0.25) is 0 Å². The maximum absolute atomic E-state index is 11.3. The average molecular weight is 256 g/mol. The van der Waals surface area contributed by atoms with E-state index < -0.39 is 11.5 Å². The van der Waals surface area contributed by atoms with Gasteiger partial charge < -0.3 is 5.11 Å². The predicted molar refractivity (Wildman–Crippen MR) is 69.4 cm³/mol. The predicted octanol–water partition coefficient (Wildman–Crippen LogP) is 2.70. The second-order valence-corrected chi connectivity index (χ2v) is 5.68. The van der Waals surface area contributed by atoms with Gasteiger partial charge in [-0.15, -0.1) is 11.3 Å². The molecule has 0 aliphatic rings. The van der Waals surface area contributed by atoms with Crippen molar-refractivity contribution in [1.29, 1.82) is 0 Å². The zero-order valence-electron chi connectivity index (χ0n) is 11.0. The fourth-order valence-electron chi connectivity index (χ4n) is 2.01. The van der Waals surface area contributed by atoms with Gasteiger partial charge in [-0.3, -0.25) is 9.69 Å². The van der Waals surface area contributed by atoms with Crippen molar-refractivity contribution in [2.24, 2.45) is 0 Å². The summed E-state index contributed by atoms with van der Waals surface area (Å²) < 4.78 is 0. The molecule has 1 N–H and O–H groups in total. The van der Waals surface area contributed by atoms with Crippen LogP contribution in [0.4, 0.5) is 0 Å². The number of hydrogen-bond donors (Lipinski definition) is 1. The summed E-state index contributed by atoms with van der Waals surface area (Å²) in [4.78, 5) is 17.7. The third-order valence-corrected chi connectivity index (χ3v) is 3.91. The van der Waals surface area contributed by atoms with Crippen molar-refractivity contribution in [3.8, 4) is 0 Å². The Bertz CT molecular complexity index is 401. The summed E-state index contributed by atoms with van der Waals surface area (Å²) in [6.07, 6.45) is 0. The van der Waals surface area contributed by atoms with Crippen molar-refractivity contribution in [3.63, 3.8) is 0 Å². The maximum atomic E-state index is 11.3. The van der Waals surface area contributed by atoms with Gasteiger partial charge in [0, 0.05) is 5.38 Å². The SMILES string of the molecule is CCN(C(C)c1csc(C)n1)C(C)(C)C(=O)O. The van der Waals surface area contributed by atoms with Gasteiger partial charge in [0.25, 0.3) is 0 Å². The molecule has 4 nitrogen and oxygen atoms in total. The molecule has 0 spiro atoms. The lowest BCUT2D eigenvalue weighted by molar-refractivity contribution is -0.150. The number of rotatable bonds is 5. The number of aryl methyl sites for hydroxylation is 1.